The molecule has 0 saturated heterocycles. The SMILES string of the molecule is c1cc(CCNc2ncc3cn(C4CCCC4)nc3n2)ccn1. The minimum atomic E-state index is 0.535. The molecule has 6 nitrogen and oxygen atoms in total. The summed E-state index contributed by atoms with van der Waals surface area (Å²) in [6.45, 7) is 0.791. The lowest BCUT2D eigenvalue weighted by atomic mass is 10.2. The molecule has 0 aromatic carbocycles. The van der Waals surface area contributed by atoms with Gasteiger partial charge in [0.1, 0.15) is 0 Å². The molecule has 3 aromatic heterocycles. The quantitative estimate of drug-likeness (QED) is 0.784. The topological polar surface area (TPSA) is 68.5 Å². The normalized spacial score (nSPS) is 15.3. The molecular weight excluding hydrogens is 288 g/mol. The van der Waals surface area contributed by atoms with E-state index in [-0.39, 0.29) is 0 Å². The van der Waals surface area contributed by atoms with E-state index in [1.807, 2.05) is 30.7 Å². The zero-order chi connectivity index (χ0) is 15.5. The molecule has 4 rings (SSSR count). The maximum atomic E-state index is 4.64. The number of fused-ring (bicyclic) bond motifs is 1. The molecular formula is C17H20N6. The van der Waals surface area contributed by atoms with Gasteiger partial charge in [-0.15, -0.1) is 0 Å². The van der Waals surface area contributed by atoms with Crippen LogP contribution < -0.4 is 5.32 Å². The molecule has 0 unspecified atom stereocenters. The first kappa shape index (κ1) is 14.1. The number of anilines is 1. The Morgan fingerprint density at radius 3 is 2.83 bits per heavy atom. The van der Waals surface area contributed by atoms with Crippen LogP contribution in [-0.4, -0.2) is 31.3 Å². The van der Waals surface area contributed by atoms with Crippen LogP contribution in [0.3, 0.4) is 0 Å². The summed E-state index contributed by atoms with van der Waals surface area (Å²) in [5, 5.41) is 8.92. The van der Waals surface area contributed by atoms with Crippen molar-refractivity contribution in [2.24, 2.45) is 0 Å². The highest BCUT2D eigenvalue weighted by atomic mass is 15.3. The first-order valence-electron chi connectivity index (χ1n) is 8.23. The van der Waals surface area contributed by atoms with Gasteiger partial charge in [-0.25, -0.2) is 4.98 Å². The molecule has 0 aliphatic heterocycles. The van der Waals surface area contributed by atoms with E-state index in [4.69, 9.17) is 0 Å². The van der Waals surface area contributed by atoms with Crippen molar-refractivity contribution in [3.8, 4) is 0 Å². The smallest absolute Gasteiger partial charge is 0.224 e. The predicted octanol–water partition coefficient (Wildman–Crippen LogP) is 2.99. The third-order valence-corrected chi connectivity index (χ3v) is 4.42. The molecule has 0 radical (unpaired) electrons. The summed E-state index contributed by atoms with van der Waals surface area (Å²) >= 11 is 0. The van der Waals surface area contributed by atoms with Crippen LogP contribution in [0.2, 0.25) is 0 Å². The molecule has 3 heterocycles. The van der Waals surface area contributed by atoms with E-state index < -0.39 is 0 Å². The summed E-state index contributed by atoms with van der Waals surface area (Å²) in [6.07, 6.45) is 13.5. The Hall–Kier alpha value is -2.50. The zero-order valence-electron chi connectivity index (χ0n) is 13.0. The Bertz CT molecular complexity index is 776. The fourth-order valence-corrected chi connectivity index (χ4v) is 3.14. The molecule has 1 N–H and O–H groups in total. The maximum absolute atomic E-state index is 4.64. The average Bonchev–Trinajstić information content (AvgIpc) is 3.24. The van der Waals surface area contributed by atoms with Crippen LogP contribution in [-0.2, 0) is 6.42 Å². The van der Waals surface area contributed by atoms with Gasteiger partial charge in [-0.1, -0.05) is 12.8 Å². The van der Waals surface area contributed by atoms with Crippen molar-refractivity contribution < 1.29 is 0 Å². The largest absolute Gasteiger partial charge is 0.354 e. The van der Waals surface area contributed by atoms with Crippen LogP contribution in [0, 0.1) is 0 Å². The highest BCUT2D eigenvalue weighted by Crippen LogP contribution is 2.29. The monoisotopic (exact) mass is 308 g/mol. The minimum absolute atomic E-state index is 0.535. The van der Waals surface area contributed by atoms with Crippen molar-refractivity contribution in [3.63, 3.8) is 0 Å². The number of rotatable bonds is 5. The van der Waals surface area contributed by atoms with Crippen LogP contribution in [0.4, 0.5) is 5.95 Å². The second-order valence-corrected chi connectivity index (χ2v) is 6.05. The Kier molecular flexibility index (Phi) is 3.88. The van der Waals surface area contributed by atoms with Gasteiger partial charge >= 0.3 is 0 Å². The van der Waals surface area contributed by atoms with Crippen LogP contribution in [0.5, 0.6) is 0 Å². The van der Waals surface area contributed by atoms with E-state index in [0.29, 0.717) is 12.0 Å². The van der Waals surface area contributed by atoms with Crippen LogP contribution >= 0.6 is 0 Å². The second-order valence-electron chi connectivity index (χ2n) is 6.05. The second kappa shape index (κ2) is 6.32. The Labute approximate surface area is 135 Å². The predicted molar refractivity (Wildman–Crippen MR) is 89.3 cm³/mol. The average molecular weight is 308 g/mol. The number of aromatic nitrogens is 5. The molecule has 118 valence electrons. The molecule has 1 aliphatic rings. The molecule has 23 heavy (non-hydrogen) atoms. The highest BCUT2D eigenvalue weighted by molar-refractivity contribution is 5.73. The van der Waals surface area contributed by atoms with Gasteiger partial charge in [-0.2, -0.15) is 10.1 Å². The number of nitrogens with one attached hydrogen (secondary N) is 1. The minimum Gasteiger partial charge on any atom is -0.354 e. The molecule has 0 atom stereocenters. The highest BCUT2D eigenvalue weighted by Gasteiger charge is 2.18. The third-order valence-electron chi connectivity index (χ3n) is 4.42. The summed E-state index contributed by atoms with van der Waals surface area (Å²) in [7, 11) is 0. The van der Waals surface area contributed by atoms with E-state index in [1.54, 1.807) is 0 Å². The Morgan fingerprint density at radius 1 is 1.17 bits per heavy atom. The summed E-state index contributed by atoms with van der Waals surface area (Å²) in [5.74, 6) is 0.642. The number of hydrogen-bond acceptors (Lipinski definition) is 5. The van der Waals surface area contributed by atoms with Crippen molar-refractivity contribution >= 4 is 17.0 Å². The van der Waals surface area contributed by atoms with Crippen LogP contribution in [0.15, 0.2) is 36.9 Å². The molecule has 0 bridgehead atoms. The van der Waals surface area contributed by atoms with E-state index in [9.17, 15) is 0 Å². The Balaban J connectivity index is 1.43. The van der Waals surface area contributed by atoms with Gasteiger partial charge < -0.3 is 5.32 Å². The molecule has 3 aromatic rings. The summed E-state index contributed by atoms with van der Waals surface area (Å²) < 4.78 is 2.08. The lowest BCUT2D eigenvalue weighted by Gasteiger charge is -2.07. The number of pyridine rings is 1. The molecule has 6 heteroatoms. The van der Waals surface area contributed by atoms with Gasteiger partial charge in [0, 0.05) is 31.3 Å². The fraction of sp³-hybridized carbons (Fsp3) is 0.412. The van der Waals surface area contributed by atoms with Gasteiger partial charge in [-0.3, -0.25) is 9.67 Å². The standard InChI is InChI=1S/C17H20N6/c1-2-4-15(3-1)23-12-14-11-20-17(21-16(14)22-23)19-10-7-13-5-8-18-9-6-13/h5-6,8-9,11-12,15H,1-4,7,10H2,(H,19,21,22). The van der Waals surface area contributed by atoms with Gasteiger partial charge in [-0.05, 0) is 37.0 Å². The van der Waals surface area contributed by atoms with Crippen LogP contribution in [0.1, 0.15) is 37.3 Å². The third kappa shape index (κ3) is 3.16. The summed E-state index contributed by atoms with van der Waals surface area (Å²) in [4.78, 5) is 12.9. The molecule has 0 amide bonds. The van der Waals surface area contributed by atoms with Crippen molar-refractivity contribution in [2.75, 3.05) is 11.9 Å². The van der Waals surface area contributed by atoms with Gasteiger partial charge in [0.2, 0.25) is 5.95 Å². The fourth-order valence-electron chi connectivity index (χ4n) is 3.14. The van der Waals surface area contributed by atoms with E-state index in [2.05, 4.69) is 36.2 Å². The van der Waals surface area contributed by atoms with Crippen molar-refractivity contribution in [1.82, 2.24) is 24.7 Å². The number of nitrogens with zero attached hydrogens (tertiary/aromatic N) is 5. The van der Waals surface area contributed by atoms with Gasteiger partial charge in [0.15, 0.2) is 5.65 Å². The van der Waals surface area contributed by atoms with Gasteiger partial charge in [0.05, 0.1) is 11.4 Å². The lowest BCUT2D eigenvalue weighted by molar-refractivity contribution is 0.470. The summed E-state index contributed by atoms with van der Waals surface area (Å²) in [5.41, 5.74) is 2.03. The first-order chi connectivity index (χ1) is 11.4. The van der Waals surface area contributed by atoms with Crippen molar-refractivity contribution in [3.05, 3.63) is 42.5 Å². The first-order valence-corrected chi connectivity index (χ1v) is 8.23. The van der Waals surface area contributed by atoms with E-state index in [0.717, 1.165) is 24.0 Å². The summed E-state index contributed by atoms with van der Waals surface area (Å²) in [6, 6.07) is 4.58. The number of hydrogen-bond donors (Lipinski definition) is 1. The molecule has 1 saturated carbocycles. The Morgan fingerprint density at radius 2 is 2.00 bits per heavy atom. The molecule has 0 spiro atoms. The maximum Gasteiger partial charge on any atom is 0.224 e. The lowest BCUT2D eigenvalue weighted by Crippen LogP contribution is -2.08. The van der Waals surface area contributed by atoms with Crippen LogP contribution in [0.25, 0.3) is 11.0 Å². The van der Waals surface area contributed by atoms with Gasteiger partial charge in [0.25, 0.3) is 0 Å². The van der Waals surface area contributed by atoms with Crippen molar-refractivity contribution in [1.29, 1.82) is 0 Å². The van der Waals surface area contributed by atoms with E-state index in [1.165, 1.54) is 31.2 Å². The van der Waals surface area contributed by atoms with Crippen molar-refractivity contribution in [2.45, 2.75) is 38.1 Å². The molecule has 1 fully saturated rings. The molecule has 1 aliphatic carbocycles. The van der Waals surface area contributed by atoms with E-state index >= 15 is 0 Å². The zero-order valence-corrected chi connectivity index (χ0v) is 13.0.